The van der Waals surface area contributed by atoms with Gasteiger partial charge in [-0.15, -0.1) is 0 Å². The van der Waals surface area contributed by atoms with E-state index in [1.165, 1.54) is 0 Å². The summed E-state index contributed by atoms with van der Waals surface area (Å²) >= 11 is 0. The minimum Gasteiger partial charge on any atom is -0.368 e. The van der Waals surface area contributed by atoms with Crippen molar-refractivity contribution in [3.8, 4) is 0 Å². The van der Waals surface area contributed by atoms with Crippen LogP contribution < -0.4 is 5.32 Å². The van der Waals surface area contributed by atoms with E-state index in [4.69, 9.17) is 6.11 Å². The summed E-state index contributed by atoms with van der Waals surface area (Å²) in [6.07, 6.45) is 1.57. The maximum absolute atomic E-state index is 12.0. The summed E-state index contributed by atoms with van der Waals surface area (Å²) in [7, 11) is -0.113. The predicted molar refractivity (Wildman–Crippen MR) is 48.4 cm³/mol. The zero-order valence-corrected chi connectivity index (χ0v) is 7.71. The predicted octanol–water partition coefficient (Wildman–Crippen LogP) is -0.403. The van der Waals surface area contributed by atoms with Crippen molar-refractivity contribution in [1.29, 1.82) is 0 Å². The first-order valence-corrected chi connectivity index (χ1v) is 4.72. The molecule has 1 aliphatic heterocycles. The Morgan fingerprint density at radius 2 is 2.23 bits per heavy atom. The zero-order valence-electron chi connectivity index (χ0n) is 8.71. The molecule has 0 radical (unpaired) electrons. The van der Waals surface area contributed by atoms with Crippen molar-refractivity contribution in [3.63, 3.8) is 0 Å². The number of nitrogens with zero attached hydrogens (tertiary/aromatic N) is 1. The Morgan fingerprint density at radius 1 is 1.54 bits per heavy atom. The first-order valence-electron chi connectivity index (χ1n) is 5.42. The molecule has 1 heterocycles. The largest absolute Gasteiger partial charge is 0.368 e. The molecule has 1 saturated heterocycles. The number of carbonyl (C=O) groups excluding carboxylic acids is 1. The molecule has 0 unspecified atom stereocenters. The first kappa shape index (κ1) is 7.76. The van der Waals surface area contributed by atoms with Crippen LogP contribution in [0.2, 0.25) is 0 Å². The van der Waals surface area contributed by atoms with Crippen LogP contribution in [0.15, 0.2) is 0 Å². The highest BCUT2D eigenvalue weighted by Gasteiger charge is 2.52. The van der Waals surface area contributed by atoms with Crippen molar-refractivity contribution in [2.24, 2.45) is 0 Å². The average Bonchev–Trinajstić information content (AvgIpc) is 3.00. The van der Waals surface area contributed by atoms with Gasteiger partial charge in [0.25, 0.3) is 5.91 Å². The summed E-state index contributed by atoms with van der Waals surface area (Å²) in [5, 5.41) is 3.20. The van der Waals surface area contributed by atoms with Gasteiger partial charge in [-0.3, -0.25) is 4.79 Å². The molecule has 2 fully saturated rings. The first-order chi connectivity index (χ1) is 6.78. The molecule has 1 saturated carbocycles. The van der Waals surface area contributed by atoms with Crippen LogP contribution in [-0.2, 0) is 9.53 Å². The molecule has 1 amide bonds. The summed E-state index contributed by atoms with van der Waals surface area (Å²) in [4.78, 5) is 13.8. The fourth-order valence-corrected chi connectivity index (χ4v) is 1.69. The summed E-state index contributed by atoms with van der Waals surface area (Å²) in [5.74, 6) is 0.0891. The lowest BCUT2D eigenvalue weighted by Crippen LogP contribution is -2.51. The van der Waals surface area contributed by atoms with Crippen molar-refractivity contribution in [3.05, 3.63) is 0 Å². The molecule has 1 aliphatic carbocycles. The monoisotopic (exact) mass is 185 g/mol. The van der Waals surface area contributed by atoms with E-state index >= 15 is 0 Å². The van der Waals surface area contributed by atoms with Crippen LogP contribution in [0.25, 0.3) is 0 Å². The highest BCUT2D eigenvalue weighted by molar-refractivity contribution is 5.88. The highest BCUT2D eigenvalue weighted by atomic mass is 16.5. The molecule has 0 aromatic rings. The molecule has 2 aliphatic rings. The van der Waals surface area contributed by atoms with Gasteiger partial charge in [-0.25, -0.2) is 0 Å². The van der Waals surface area contributed by atoms with E-state index in [1.807, 2.05) is 4.90 Å². The van der Waals surface area contributed by atoms with Gasteiger partial charge in [-0.2, -0.15) is 0 Å². The van der Waals surface area contributed by atoms with Gasteiger partial charge in [0.2, 0.25) is 0 Å². The second kappa shape index (κ2) is 3.27. The number of amides is 1. The van der Waals surface area contributed by atoms with Gasteiger partial charge in [0.1, 0.15) is 5.60 Å². The maximum atomic E-state index is 12.0. The van der Waals surface area contributed by atoms with E-state index in [0.29, 0.717) is 0 Å². The standard InChI is InChI=1S/C9H16N2O2/c1-13-9(2-3-9)8(12)11-6-4-10-5-7-11/h10H,2-7H2,1H3/i1D. The Labute approximate surface area is 79.6 Å². The van der Waals surface area contributed by atoms with Crippen molar-refractivity contribution in [1.82, 2.24) is 10.2 Å². The summed E-state index contributed by atoms with van der Waals surface area (Å²) in [5.41, 5.74) is -0.612. The van der Waals surface area contributed by atoms with Gasteiger partial charge in [-0.1, -0.05) is 0 Å². The molecule has 1 N–H and O–H groups in total. The molecule has 4 heteroatoms. The zero-order chi connectivity index (χ0) is 10.0. The van der Waals surface area contributed by atoms with E-state index in [1.54, 1.807) is 0 Å². The number of piperazine rings is 1. The quantitative estimate of drug-likeness (QED) is 0.636. The van der Waals surface area contributed by atoms with Crippen molar-refractivity contribution < 1.29 is 10.9 Å². The second-order valence-electron chi connectivity index (χ2n) is 3.68. The van der Waals surface area contributed by atoms with E-state index in [0.717, 1.165) is 39.0 Å². The molecule has 0 bridgehead atoms. The molecular weight excluding hydrogens is 168 g/mol. The lowest BCUT2D eigenvalue weighted by atomic mass is 10.2. The number of carbonyl (C=O) groups is 1. The van der Waals surface area contributed by atoms with E-state index in [9.17, 15) is 4.79 Å². The Morgan fingerprint density at radius 3 is 2.77 bits per heavy atom. The summed E-state index contributed by atoms with van der Waals surface area (Å²) in [6, 6.07) is 0. The molecule has 0 spiro atoms. The molecule has 4 nitrogen and oxygen atoms in total. The normalized spacial score (nSPS) is 26.8. The fraction of sp³-hybridized carbons (Fsp3) is 0.889. The highest BCUT2D eigenvalue weighted by Crippen LogP contribution is 2.40. The molecule has 0 atom stereocenters. The van der Waals surface area contributed by atoms with Crippen LogP contribution in [0.5, 0.6) is 0 Å². The minimum absolute atomic E-state index is 0.0891. The Hall–Kier alpha value is -0.610. The Bertz CT molecular complexity index is 225. The number of ether oxygens (including phenoxy) is 1. The fourth-order valence-electron chi connectivity index (χ4n) is 1.69. The number of nitrogens with one attached hydrogen (secondary N) is 1. The van der Waals surface area contributed by atoms with Gasteiger partial charge in [0.15, 0.2) is 0 Å². The van der Waals surface area contributed by atoms with Gasteiger partial charge in [0.05, 0.1) is 1.37 Å². The Kier molecular flexibility index (Phi) is 1.95. The number of hydrogen-bond donors (Lipinski definition) is 1. The van der Waals surface area contributed by atoms with Crippen LogP contribution >= 0.6 is 0 Å². The minimum atomic E-state index is -0.612. The molecular formula is C9H16N2O2. The third-order valence-corrected chi connectivity index (χ3v) is 2.77. The summed E-state index contributed by atoms with van der Waals surface area (Å²) < 4.78 is 12.2. The molecule has 2 rings (SSSR count). The van der Waals surface area contributed by atoms with Crippen LogP contribution in [-0.4, -0.2) is 49.7 Å². The maximum Gasteiger partial charge on any atom is 0.254 e. The third-order valence-electron chi connectivity index (χ3n) is 2.77. The van der Waals surface area contributed by atoms with Crippen molar-refractivity contribution >= 4 is 5.91 Å². The smallest absolute Gasteiger partial charge is 0.254 e. The number of methoxy groups -OCH3 is 1. The Balaban J connectivity index is 1.93. The van der Waals surface area contributed by atoms with Crippen molar-refractivity contribution in [2.75, 3.05) is 33.3 Å². The van der Waals surface area contributed by atoms with Crippen molar-refractivity contribution in [2.45, 2.75) is 18.4 Å². The van der Waals surface area contributed by atoms with Crippen LogP contribution in [0.3, 0.4) is 0 Å². The van der Waals surface area contributed by atoms with E-state index < -0.39 is 5.60 Å². The third kappa shape index (κ3) is 1.56. The second-order valence-corrected chi connectivity index (χ2v) is 3.68. The van der Waals surface area contributed by atoms with Crippen LogP contribution in [0.4, 0.5) is 0 Å². The number of hydrogen-bond acceptors (Lipinski definition) is 3. The van der Waals surface area contributed by atoms with Crippen LogP contribution in [0.1, 0.15) is 14.2 Å². The molecule has 0 aromatic carbocycles. The SMILES string of the molecule is [2H]COC1(C(=O)N2CCNCC2)CC1. The van der Waals surface area contributed by atoms with Gasteiger partial charge in [-0.05, 0) is 12.8 Å². The molecule has 13 heavy (non-hydrogen) atoms. The lowest BCUT2D eigenvalue weighted by Gasteiger charge is -2.30. The van der Waals surface area contributed by atoms with Gasteiger partial charge < -0.3 is 15.0 Å². The van der Waals surface area contributed by atoms with Gasteiger partial charge in [0, 0.05) is 33.3 Å². The van der Waals surface area contributed by atoms with Gasteiger partial charge >= 0.3 is 0 Å². The topological polar surface area (TPSA) is 41.6 Å². The number of rotatable bonds is 2. The lowest BCUT2D eigenvalue weighted by molar-refractivity contribution is -0.145. The average molecular weight is 185 g/mol. The molecule has 74 valence electrons. The molecule has 0 aromatic heterocycles. The van der Waals surface area contributed by atoms with Crippen LogP contribution in [0, 0.1) is 0 Å². The van der Waals surface area contributed by atoms with E-state index in [2.05, 4.69) is 5.32 Å². The summed E-state index contributed by atoms with van der Waals surface area (Å²) in [6.45, 7) is 3.26. The van der Waals surface area contributed by atoms with E-state index in [-0.39, 0.29) is 13.0 Å².